The number of aliphatic hydroxyl groups excluding tert-OH is 1. The highest BCUT2D eigenvalue weighted by atomic mass is 79.9. The summed E-state index contributed by atoms with van der Waals surface area (Å²) in [7, 11) is 1.56. The zero-order valence-corrected chi connectivity index (χ0v) is 10.4. The number of nitrogens with zero attached hydrogens (tertiary/aromatic N) is 2. The third-order valence-corrected chi connectivity index (χ3v) is 3.18. The zero-order valence-electron chi connectivity index (χ0n) is 8.85. The molecule has 0 amide bonds. The van der Waals surface area contributed by atoms with Crippen LogP contribution in [0.5, 0.6) is 0 Å². The fourth-order valence-electron chi connectivity index (χ4n) is 1.34. The van der Waals surface area contributed by atoms with Gasteiger partial charge in [0, 0.05) is 13.5 Å². The Morgan fingerprint density at radius 2 is 2.06 bits per heavy atom. The molecular weight excluding hydrogens is 289 g/mol. The first-order chi connectivity index (χ1) is 7.27. The van der Waals surface area contributed by atoms with Crippen LogP contribution in [-0.4, -0.2) is 27.2 Å². The van der Waals surface area contributed by atoms with Gasteiger partial charge in [0.05, 0.1) is 15.9 Å². The van der Waals surface area contributed by atoms with E-state index >= 15 is 0 Å². The van der Waals surface area contributed by atoms with E-state index in [1.54, 1.807) is 7.05 Å². The fourth-order valence-corrected chi connectivity index (χ4v) is 2.12. The van der Waals surface area contributed by atoms with Gasteiger partial charge in [0.15, 0.2) is 6.10 Å². The molecule has 0 saturated heterocycles. The molecule has 0 bridgehead atoms. The average Bonchev–Trinajstić information content (AvgIpc) is 2.43. The highest BCUT2D eigenvalue weighted by Crippen LogP contribution is 2.27. The average molecular weight is 301 g/mol. The standard InChI is InChI=1S/C9H12BrF3N2O/c1-3-5-8(10)6(15(2)14-5)4-7(16)9(11,12)13/h7,16H,3-4H2,1-2H3. The number of aryl methyl sites for hydroxylation is 2. The number of hydrogen-bond donors (Lipinski definition) is 1. The first kappa shape index (κ1) is 13.5. The summed E-state index contributed by atoms with van der Waals surface area (Å²) in [5.41, 5.74) is 1.04. The summed E-state index contributed by atoms with van der Waals surface area (Å²) >= 11 is 3.20. The number of aliphatic hydroxyl groups is 1. The van der Waals surface area contributed by atoms with Gasteiger partial charge in [-0.1, -0.05) is 6.92 Å². The Morgan fingerprint density at radius 3 is 2.44 bits per heavy atom. The molecule has 0 radical (unpaired) electrons. The smallest absolute Gasteiger partial charge is 0.383 e. The highest BCUT2D eigenvalue weighted by molar-refractivity contribution is 9.10. The van der Waals surface area contributed by atoms with Crippen LogP contribution >= 0.6 is 15.9 Å². The van der Waals surface area contributed by atoms with Crippen molar-refractivity contribution in [3.63, 3.8) is 0 Å². The van der Waals surface area contributed by atoms with Gasteiger partial charge in [0.2, 0.25) is 0 Å². The zero-order chi connectivity index (χ0) is 12.5. The molecule has 16 heavy (non-hydrogen) atoms. The predicted molar refractivity (Wildman–Crippen MR) is 56.1 cm³/mol. The number of halogens is 4. The second-order valence-corrected chi connectivity index (χ2v) is 4.24. The van der Waals surface area contributed by atoms with E-state index < -0.39 is 18.7 Å². The Balaban J connectivity index is 2.93. The van der Waals surface area contributed by atoms with E-state index in [0.717, 1.165) is 0 Å². The van der Waals surface area contributed by atoms with Gasteiger partial charge in [-0.3, -0.25) is 4.68 Å². The lowest BCUT2D eigenvalue weighted by molar-refractivity contribution is -0.203. The monoisotopic (exact) mass is 300 g/mol. The molecule has 0 aromatic carbocycles. The molecule has 0 aliphatic heterocycles. The van der Waals surface area contributed by atoms with Gasteiger partial charge in [-0.2, -0.15) is 18.3 Å². The van der Waals surface area contributed by atoms with Crippen molar-refractivity contribution in [2.45, 2.75) is 32.0 Å². The molecule has 1 rings (SSSR count). The number of aromatic nitrogens is 2. The minimum absolute atomic E-state index is 0.349. The summed E-state index contributed by atoms with van der Waals surface area (Å²) in [6.07, 6.45) is -6.83. The van der Waals surface area contributed by atoms with E-state index in [9.17, 15) is 13.2 Å². The highest BCUT2D eigenvalue weighted by Gasteiger charge is 2.39. The summed E-state index contributed by atoms with van der Waals surface area (Å²) in [5, 5.41) is 13.0. The van der Waals surface area contributed by atoms with Crippen LogP contribution in [0.15, 0.2) is 4.47 Å². The van der Waals surface area contributed by atoms with Crippen LogP contribution in [0.3, 0.4) is 0 Å². The second kappa shape index (κ2) is 4.75. The van der Waals surface area contributed by atoms with Crippen molar-refractivity contribution in [3.05, 3.63) is 15.9 Å². The van der Waals surface area contributed by atoms with Gasteiger partial charge < -0.3 is 5.11 Å². The summed E-state index contributed by atoms with van der Waals surface area (Å²) in [6, 6.07) is 0. The van der Waals surface area contributed by atoms with Crippen molar-refractivity contribution in [2.24, 2.45) is 7.05 Å². The van der Waals surface area contributed by atoms with Gasteiger partial charge in [-0.05, 0) is 22.4 Å². The van der Waals surface area contributed by atoms with Crippen molar-refractivity contribution in [2.75, 3.05) is 0 Å². The van der Waals surface area contributed by atoms with Crippen LogP contribution in [-0.2, 0) is 19.9 Å². The third kappa shape index (κ3) is 2.76. The summed E-state index contributed by atoms with van der Waals surface area (Å²) in [4.78, 5) is 0. The molecule has 0 saturated carbocycles. The van der Waals surface area contributed by atoms with E-state index in [-0.39, 0.29) is 0 Å². The largest absolute Gasteiger partial charge is 0.414 e. The van der Waals surface area contributed by atoms with Crippen molar-refractivity contribution in [1.29, 1.82) is 0 Å². The number of rotatable bonds is 3. The van der Waals surface area contributed by atoms with Crippen molar-refractivity contribution in [3.8, 4) is 0 Å². The first-order valence-corrected chi connectivity index (χ1v) is 5.51. The van der Waals surface area contributed by atoms with Crippen LogP contribution in [0.25, 0.3) is 0 Å². The maximum Gasteiger partial charge on any atom is 0.414 e. The number of alkyl halides is 3. The number of hydrogen-bond acceptors (Lipinski definition) is 2. The Bertz CT molecular complexity index is 376. The van der Waals surface area contributed by atoms with Crippen LogP contribution in [0.4, 0.5) is 13.2 Å². The van der Waals surface area contributed by atoms with Crippen LogP contribution in [0, 0.1) is 0 Å². The molecule has 0 spiro atoms. The summed E-state index contributed by atoms with van der Waals surface area (Å²) in [5.74, 6) is 0. The van der Waals surface area contributed by atoms with Gasteiger partial charge >= 0.3 is 6.18 Å². The van der Waals surface area contributed by atoms with Crippen LogP contribution in [0.2, 0.25) is 0 Å². The first-order valence-electron chi connectivity index (χ1n) is 4.72. The Labute approximate surface area is 99.4 Å². The van der Waals surface area contributed by atoms with Crippen molar-refractivity contribution >= 4 is 15.9 Å². The molecule has 1 atom stereocenters. The molecule has 1 unspecified atom stereocenters. The van der Waals surface area contributed by atoms with Gasteiger partial charge in [0.25, 0.3) is 0 Å². The van der Waals surface area contributed by atoms with Crippen LogP contribution < -0.4 is 0 Å². The molecular formula is C9H12BrF3N2O. The Morgan fingerprint density at radius 1 is 1.50 bits per heavy atom. The molecule has 1 N–H and O–H groups in total. The minimum atomic E-state index is -4.60. The molecule has 1 heterocycles. The fraction of sp³-hybridized carbons (Fsp3) is 0.667. The molecule has 3 nitrogen and oxygen atoms in total. The molecule has 1 aromatic heterocycles. The maximum absolute atomic E-state index is 12.2. The minimum Gasteiger partial charge on any atom is -0.383 e. The lowest BCUT2D eigenvalue weighted by Gasteiger charge is -2.14. The van der Waals surface area contributed by atoms with Gasteiger partial charge in [-0.15, -0.1) is 0 Å². The molecule has 0 aliphatic carbocycles. The third-order valence-electron chi connectivity index (χ3n) is 2.27. The quantitative estimate of drug-likeness (QED) is 0.929. The Kier molecular flexibility index (Phi) is 4.01. The van der Waals surface area contributed by atoms with Crippen molar-refractivity contribution in [1.82, 2.24) is 9.78 Å². The lowest BCUT2D eigenvalue weighted by atomic mass is 10.1. The molecule has 1 aromatic rings. The molecule has 0 fully saturated rings. The summed E-state index contributed by atoms with van der Waals surface area (Å²) in [6.45, 7) is 1.86. The van der Waals surface area contributed by atoms with Crippen molar-refractivity contribution < 1.29 is 18.3 Å². The SMILES string of the molecule is CCc1nn(C)c(CC(O)C(F)(F)F)c1Br. The molecule has 92 valence electrons. The van der Waals surface area contributed by atoms with E-state index in [0.29, 0.717) is 22.3 Å². The van der Waals surface area contributed by atoms with Gasteiger partial charge in [-0.25, -0.2) is 0 Å². The second-order valence-electron chi connectivity index (χ2n) is 3.45. The van der Waals surface area contributed by atoms with Gasteiger partial charge in [0.1, 0.15) is 0 Å². The van der Waals surface area contributed by atoms with E-state index in [4.69, 9.17) is 5.11 Å². The van der Waals surface area contributed by atoms with Crippen LogP contribution in [0.1, 0.15) is 18.3 Å². The van der Waals surface area contributed by atoms with E-state index in [1.165, 1.54) is 4.68 Å². The normalized spacial score (nSPS) is 14.2. The lowest BCUT2D eigenvalue weighted by Crippen LogP contribution is -2.31. The Hall–Kier alpha value is -0.560. The molecule has 7 heteroatoms. The maximum atomic E-state index is 12.2. The topological polar surface area (TPSA) is 38.0 Å². The van der Waals surface area contributed by atoms with E-state index in [1.807, 2.05) is 6.92 Å². The predicted octanol–water partition coefficient (Wildman–Crippen LogP) is 2.21. The van der Waals surface area contributed by atoms with E-state index in [2.05, 4.69) is 21.0 Å². The molecule has 0 aliphatic rings. The summed E-state index contributed by atoms with van der Waals surface area (Å²) < 4.78 is 38.5.